The van der Waals surface area contributed by atoms with Crippen LogP contribution in [0.2, 0.25) is 5.02 Å². The highest BCUT2D eigenvalue weighted by molar-refractivity contribution is 6.31. The van der Waals surface area contributed by atoms with Crippen molar-refractivity contribution in [2.75, 3.05) is 0 Å². The molecule has 134 valence electrons. The van der Waals surface area contributed by atoms with Crippen molar-refractivity contribution in [3.63, 3.8) is 0 Å². The maximum Gasteiger partial charge on any atom is 0.261 e. The lowest BCUT2D eigenvalue weighted by Gasteiger charge is -2.22. The summed E-state index contributed by atoms with van der Waals surface area (Å²) < 4.78 is 5.89. The zero-order chi connectivity index (χ0) is 18.4. The van der Waals surface area contributed by atoms with E-state index in [0.29, 0.717) is 17.2 Å². The number of ether oxygens (including phenoxy) is 1. The van der Waals surface area contributed by atoms with E-state index in [9.17, 15) is 4.79 Å². The molecule has 0 bridgehead atoms. The average Bonchev–Trinajstić information content (AvgIpc) is 2.61. The number of amides is 1. The molecule has 25 heavy (non-hydrogen) atoms. The van der Waals surface area contributed by atoms with Gasteiger partial charge in [0.25, 0.3) is 5.91 Å². The maximum absolute atomic E-state index is 12.7. The number of hydrogen-bond donors (Lipinski definition) is 1. The number of rotatable bonds is 7. The molecule has 0 aliphatic carbocycles. The molecule has 3 nitrogen and oxygen atoms in total. The molecule has 0 spiro atoms. The van der Waals surface area contributed by atoms with Gasteiger partial charge in [-0.1, -0.05) is 55.3 Å². The third-order valence-corrected chi connectivity index (χ3v) is 4.70. The highest BCUT2D eigenvalue weighted by Gasteiger charge is 2.22. The average molecular weight is 360 g/mol. The molecule has 2 atom stereocenters. The fourth-order valence-corrected chi connectivity index (χ4v) is 2.78. The van der Waals surface area contributed by atoms with Crippen LogP contribution >= 0.6 is 11.6 Å². The molecule has 0 saturated heterocycles. The van der Waals surface area contributed by atoms with Crippen molar-refractivity contribution in [1.82, 2.24) is 5.32 Å². The highest BCUT2D eigenvalue weighted by Crippen LogP contribution is 2.23. The number of hydrogen-bond acceptors (Lipinski definition) is 2. The first kappa shape index (κ1) is 19.3. The molecule has 2 aromatic rings. The van der Waals surface area contributed by atoms with Gasteiger partial charge in [-0.25, -0.2) is 0 Å². The van der Waals surface area contributed by atoms with Gasteiger partial charge in [-0.2, -0.15) is 0 Å². The van der Waals surface area contributed by atoms with Crippen LogP contribution in [0.4, 0.5) is 0 Å². The molecule has 2 unspecified atom stereocenters. The molecule has 2 aromatic carbocycles. The Kier molecular flexibility index (Phi) is 6.89. The molecule has 0 aromatic heterocycles. The predicted molar refractivity (Wildman–Crippen MR) is 103 cm³/mol. The van der Waals surface area contributed by atoms with Gasteiger partial charge in [0.05, 0.1) is 6.04 Å². The Balaban J connectivity index is 2.07. The molecular formula is C21H26ClNO2. The topological polar surface area (TPSA) is 38.3 Å². The van der Waals surface area contributed by atoms with Crippen molar-refractivity contribution in [2.24, 2.45) is 0 Å². The van der Waals surface area contributed by atoms with Crippen molar-refractivity contribution in [2.45, 2.75) is 52.7 Å². The highest BCUT2D eigenvalue weighted by atomic mass is 35.5. The monoisotopic (exact) mass is 359 g/mol. The second kappa shape index (κ2) is 8.91. The van der Waals surface area contributed by atoms with E-state index in [1.54, 1.807) is 12.1 Å². The molecule has 0 heterocycles. The normalized spacial score (nSPS) is 13.2. The quantitative estimate of drug-likeness (QED) is 0.720. The minimum absolute atomic E-state index is 0.0160. The number of aryl methyl sites for hydroxylation is 2. The first-order chi connectivity index (χ1) is 11.9. The summed E-state index contributed by atoms with van der Waals surface area (Å²) >= 11 is 6.05. The third kappa shape index (κ3) is 5.23. The molecule has 1 N–H and O–H groups in total. The van der Waals surface area contributed by atoms with Crippen LogP contribution in [0.5, 0.6) is 5.75 Å². The van der Waals surface area contributed by atoms with E-state index >= 15 is 0 Å². The van der Waals surface area contributed by atoms with Crippen LogP contribution in [0.25, 0.3) is 0 Å². The predicted octanol–water partition coefficient (Wildman–Crippen LogP) is 5.38. The van der Waals surface area contributed by atoms with Gasteiger partial charge in [-0.15, -0.1) is 0 Å². The van der Waals surface area contributed by atoms with Crippen molar-refractivity contribution in [3.8, 4) is 5.75 Å². The van der Waals surface area contributed by atoms with Gasteiger partial charge in [0.2, 0.25) is 0 Å². The molecule has 0 aliphatic rings. The SMILES string of the molecule is CCC(Oc1ccc(Cl)c(C)c1)C(=O)NC(CC)c1ccc(C)cc1. The molecule has 0 fully saturated rings. The van der Waals surface area contributed by atoms with Crippen LogP contribution in [-0.2, 0) is 4.79 Å². The number of halogens is 1. The largest absolute Gasteiger partial charge is 0.481 e. The van der Waals surface area contributed by atoms with Gasteiger partial charge < -0.3 is 10.1 Å². The minimum atomic E-state index is -0.528. The van der Waals surface area contributed by atoms with Crippen LogP contribution < -0.4 is 10.1 Å². The molecule has 2 rings (SSSR count). The zero-order valence-corrected chi connectivity index (χ0v) is 16.1. The Bertz CT molecular complexity index is 712. The Labute approximate surface area is 155 Å². The van der Waals surface area contributed by atoms with Gasteiger partial charge in [0, 0.05) is 5.02 Å². The molecular weight excluding hydrogens is 334 g/mol. The van der Waals surface area contributed by atoms with E-state index < -0.39 is 6.10 Å². The second-order valence-electron chi connectivity index (χ2n) is 6.31. The van der Waals surface area contributed by atoms with Crippen LogP contribution in [0.15, 0.2) is 42.5 Å². The summed E-state index contributed by atoms with van der Waals surface area (Å²) in [7, 11) is 0. The van der Waals surface area contributed by atoms with Crippen molar-refractivity contribution in [3.05, 3.63) is 64.2 Å². The van der Waals surface area contributed by atoms with Crippen molar-refractivity contribution in [1.29, 1.82) is 0 Å². The Morgan fingerprint density at radius 3 is 2.32 bits per heavy atom. The van der Waals surface area contributed by atoms with Gasteiger partial charge >= 0.3 is 0 Å². The lowest BCUT2D eigenvalue weighted by molar-refractivity contribution is -0.128. The summed E-state index contributed by atoms with van der Waals surface area (Å²) in [6.07, 6.45) is 0.892. The minimum Gasteiger partial charge on any atom is -0.481 e. The molecule has 1 amide bonds. The van der Waals surface area contributed by atoms with E-state index in [4.69, 9.17) is 16.3 Å². The lowest BCUT2D eigenvalue weighted by atomic mass is 10.0. The van der Waals surface area contributed by atoms with E-state index in [0.717, 1.165) is 17.5 Å². The number of carbonyl (C=O) groups is 1. The Hall–Kier alpha value is -2.00. The van der Waals surface area contributed by atoms with E-state index in [1.807, 2.05) is 19.9 Å². The third-order valence-electron chi connectivity index (χ3n) is 4.28. The summed E-state index contributed by atoms with van der Waals surface area (Å²) in [5, 5.41) is 3.80. The molecule has 4 heteroatoms. The van der Waals surface area contributed by atoms with Crippen LogP contribution in [-0.4, -0.2) is 12.0 Å². The summed E-state index contributed by atoms with van der Waals surface area (Å²) in [6.45, 7) is 7.98. The number of carbonyl (C=O) groups excluding carboxylic acids is 1. The Morgan fingerprint density at radius 1 is 1.08 bits per heavy atom. The van der Waals surface area contributed by atoms with Crippen LogP contribution in [0.3, 0.4) is 0 Å². The standard InChI is InChI=1S/C21H26ClNO2/c1-5-19(16-9-7-14(3)8-10-16)23-21(24)20(6-2)25-17-11-12-18(22)15(4)13-17/h7-13,19-20H,5-6H2,1-4H3,(H,23,24). The summed E-state index contributed by atoms with van der Waals surface area (Å²) in [5.41, 5.74) is 3.25. The summed E-state index contributed by atoms with van der Waals surface area (Å²) in [4.78, 5) is 12.7. The molecule has 0 radical (unpaired) electrons. The fraction of sp³-hybridized carbons (Fsp3) is 0.381. The Morgan fingerprint density at radius 2 is 1.76 bits per heavy atom. The summed E-state index contributed by atoms with van der Waals surface area (Å²) in [5.74, 6) is 0.565. The lowest BCUT2D eigenvalue weighted by Crippen LogP contribution is -2.39. The smallest absolute Gasteiger partial charge is 0.261 e. The number of benzene rings is 2. The molecule has 0 aliphatic heterocycles. The molecule has 0 saturated carbocycles. The maximum atomic E-state index is 12.7. The fourth-order valence-electron chi connectivity index (χ4n) is 2.66. The first-order valence-corrected chi connectivity index (χ1v) is 9.12. The second-order valence-corrected chi connectivity index (χ2v) is 6.71. The van der Waals surface area contributed by atoms with E-state index in [2.05, 4.69) is 43.4 Å². The van der Waals surface area contributed by atoms with Gasteiger partial charge in [0.1, 0.15) is 5.75 Å². The van der Waals surface area contributed by atoms with Gasteiger partial charge in [-0.05, 0) is 56.0 Å². The van der Waals surface area contributed by atoms with Crippen molar-refractivity contribution < 1.29 is 9.53 Å². The number of nitrogens with one attached hydrogen (secondary N) is 1. The van der Waals surface area contributed by atoms with Crippen molar-refractivity contribution >= 4 is 17.5 Å². The van der Waals surface area contributed by atoms with E-state index in [1.165, 1.54) is 5.56 Å². The summed E-state index contributed by atoms with van der Waals surface area (Å²) in [6, 6.07) is 13.7. The van der Waals surface area contributed by atoms with Gasteiger partial charge in [-0.3, -0.25) is 4.79 Å². The van der Waals surface area contributed by atoms with Crippen LogP contribution in [0, 0.1) is 13.8 Å². The van der Waals surface area contributed by atoms with E-state index in [-0.39, 0.29) is 11.9 Å². The zero-order valence-electron chi connectivity index (χ0n) is 15.3. The first-order valence-electron chi connectivity index (χ1n) is 8.74. The van der Waals surface area contributed by atoms with Crippen LogP contribution in [0.1, 0.15) is 49.4 Å². The van der Waals surface area contributed by atoms with Gasteiger partial charge in [0.15, 0.2) is 6.10 Å².